The van der Waals surface area contributed by atoms with Crippen LogP contribution < -0.4 is 5.32 Å². The Kier molecular flexibility index (Phi) is 9.50. The molecule has 11 heteroatoms. The van der Waals surface area contributed by atoms with Crippen LogP contribution in [0.25, 0.3) is 0 Å². The quantitative estimate of drug-likeness (QED) is 0.429. The third-order valence-electron chi connectivity index (χ3n) is 5.33. The maximum atomic E-state index is 12.6. The first-order valence-electron chi connectivity index (χ1n) is 11.7. The standard InChI is InChI=1S/C24H33N5O4S2/c1-17-8-5-6-9-18(17)16-34-22-27-26-21(35-22)25-19(30)10-11-20(31)28-12-7-13-29(15-14-28)23(32)33-24(2,3)4/h5-6,8-9H,7,10-16H2,1-4H3,(H,25,26,30). The van der Waals surface area contributed by atoms with Gasteiger partial charge in [0.15, 0.2) is 4.34 Å². The molecule has 1 aromatic heterocycles. The molecule has 1 aromatic carbocycles. The summed E-state index contributed by atoms with van der Waals surface area (Å²) in [6.07, 6.45) is 0.479. The highest BCUT2D eigenvalue weighted by Crippen LogP contribution is 2.29. The maximum absolute atomic E-state index is 12.6. The minimum absolute atomic E-state index is 0.0659. The van der Waals surface area contributed by atoms with E-state index in [1.54, 1.807) is 21.6 Å². The van der Waals surface area contributed by atoms with E-state index in [9.17, 15) is 14.4 Å². The second-order valence-electron chi connectivity index (χ2n) is 9.34. The molecule has 3 amide bonds. The molecule has 35 heavy (non-hydrogen) atoms. The first-order valence-corrected chi connectivity index (χ1v) is 13.5. The third-order valence-corrected chi connectivity index (χ3v) is 7.35. The van der Waals surface area contributed by atoms with Gasteiger partial charge in [-0.25, -0.2) is 4.79 Å². The molecule has 190 valence electrons. The van der Waals surface area contributed by atoms with Gasteiger partial charge in [-0.05, 0) is 45.2 Å². The van der Waals surface area contributed by atoms with E-state index in [1.165, 1.54) is 22.5 Å². The molecule has 2 aromatic rings. The van der Waals surface area contributed by atoms with Crippen molar-refractivity contribution >= 4 is 46.1 Å². The summed E-state index contributed by atoms with van der Waals surface area (Å²) in [5.41, 5.74) is 1.91. The van der Waals surface area contributed by atoms with Crippen molar-refractivity contribution < 1.29 is 19.1 Å². The fourth-order valence-corrected chi connectivity index (χ4v) is 5.31. The van der Waals surface area contributed by atoms with Crippen LogP contribution in [0.5, 0.6) is 0 Å². The predicted octanol–water partition coefficient (Wildman–Crippen LogP) is 4.33. The van der Waals surface area contributed by atoms with Gasteiger partial charge >= 0.3 is 6.09 Å². The molecule has 0 unspecified atom stereocenters. The van der Waals surface area contributed by atoms with Crippen molar-refractivity contribution in [1.29, 1.82) is 0 Å². The van der Waals surface area contributed by atoms with E-state index in [0.29, 0.717) is 37.7 Å². The van der Waals surface area contributed by atoms with Gasteiger partial charge in [-0.15, -0.1) is 10.2 Å². The van der Waals surface area contributed by atoms with Crippen LogP contribution in [0.1, 0.15) is 51.2 Å². The fraction of sp³-hybridized carbons (Fsp3) is 0.542. The molecule has 0 radical (unpaired) electrons. The van der Waals surface area contributed by atoms with Crippen LogP contribution in [0.15, 0.2) is 28.6 Å². The van der Waals surface area contributed by atoms with Gasteiger partial charge in [0.1, 0.15) is 5.60 Å². The molecular weight excluding hydrogens is 486 g/mol. The van der Waals surface area contributed by atoms with Gasteiger partial charge in [0.25, 0.3) is 0 Å². The normalized spacial score (nSPS) is 14.4. The average molecular weight is 520 g/mol. The second-order valence-corrected chi connectivity index (χ2v) is 11.5. The van der Waals surface area contributed by atoms with E-state index in [-0.39, 0.29) is 30.7 Å². The van der Waals surface area contributed by atoms with Crippen LogP contribution >= 0.6 is 23.1 Å². The molecule has 0 bridgehead atoms. The summed E-state index contributed by atoms with van der Waals surface area (Å²) in [6, 6.07) is 8.19. The van der Waals surface area contributed by atoms with Crippen LogP contribution in [0.2, 0.25) is 0 Å². The van der Waals surface area contributed by atoms with Gasteiger partial charge < -0.3 is 19.9 Å². The molecule has 1 saturated heterocycles. The molecule has 0 atom stereocenters. The summed E-state index contributed by atoms with van der Waals surface area (Å²) in [5, 5.41) is 11.3. The minimum atomic E-state index is -0.556. The van der Waals surface area contributed by atoms with Crippen LogP contribution in [-0.4, -0.2) is 69.7 Å². The smallest absolute Gasteiger partial charge is 0.410 e. The summed E-state index contributed by atoms with van der Waals surface area (Å²) < 4.78 is 6.20. The van der Waals surface area contributed by atoms with Gasteiger partial charge in [-0.2, -0.15) is 0 Å². The second kappa shape index (κ2) is 12.3. The molecule has 1 aliphatic heterocycles. The Balaban J connectivity index is 1.40. The van der Waals surface area contributed by atoms with Crippen molar-refractivity contribution in [3.63, 3.8) is 0 Å². The number of thioether (sulfide) groups is 1. The molecule has 0 aliphatic carbocycles. The number of amides is 3. The maximum Gasteiger partial charge on any atom is 0.410 e. The van der Waals surface area contributed by atoms with E-state index in [1.807, 2.05) is 32.9 Å². The zero-order chi connectivity index (χ0) is 25.4. The van der Waals surface area contributed by atoms with Gasteiger partial charge in [-0.3, -0.25) is 9.59 Å². The van der Waals surface area contributed by atoms with E-state index in [0.717, 1.165) is 10.1 Å². The molecule has 0 spiro atoms. The summed E-state index contributed by atoms with van der Waals surface area (Å²) in [7, 11) is 0. The lowest BCUT2D eigenvalue weighted by Crippen LogP contribution is -2.40. The summed E-state index contributed by atoms with van der Waals surface area (Å²) in [5.74, 6) is 0.415. The Labute approximate surface area is 214 Å². The number of rotatable bonds is 7. The monoisotopic (exact) mass is 519 g/mol. The van der Waals surface area contributed by atoms with Crippen molar-refractivity contribution in [3.8, 4) is 0 Å². The van der Waals surface area contributed by atoms with E-state index < -0.39 is 5.60 Å². The van der Waals surface area contributed by atoms with E-state index in [4.69, 9.17) is 4.74 Å². The first kappa shape index (κ1) is 26.9. The largest absolute Gasteiger partial charge is 0.444 e. The topological polar surface area (TPSA) is 105 Å². The lowest BCUT2D eigenvalue weighted by atomic mass is 10.1. The number of carbonyl (C=O) groups excluding carboxylic acids is 3. The Morgan fingerprint density at radius 3 is 2.51 bits per heavy atom. The van der Waals surface area contributed by atoms with Crippen LogP contribution in [0.3, 0.4) is 0 Å². The number of aromatic nitrogens is 2. The number of ether oxygens (including phenoxy) is 1. The number of nitrogens with one attached hydrogen (secondary N) is 1. The summed E-state index contributed by atoms with van der Waals surface area (Å²) >= 11 is 2.90. The number of carbonyl (C=O) groups is 3. The minimum Gasteiger partial charge on any atom is -0.444 e. The number of nitrogens with zero attached hydrogens (tertiary/aromatic N) is 4. The van der Waals surface area contributed by atoms with E-state index in [2.05, 4.69) is 34.6 Å². The van der Waals surface area contributed by atoms with E-state index >= 15 is 0 Å². The van der Waals surface area contributed by atoms with Crippen LogP contribution in [0.4, 0.5) is 9.93 Å². The molecule has 0 saturated carbocycles. The average Bonchev–Trinajstić information content (AvgIpc) is 3.08. The first-order chi connectivity index (χ1) is 16.6. The highest BCUT2D eigenvalue weighted by molar-refractivity contribution is 8.00. The lowest BCUT2D eigenvalue weighted by molar-refractivity contribution is -0.132. The molecule has 1 N–H and O–H groups in total. The fourth-order valence-electron chi connectivity index (χ4n) is 3.47. The van der Waals surface area contributed by atoms with Crippen LogP contribution in [0, 0.1) is 6.92 Å². The highest BCUT2D eigenvalue weighted by Gasteiger charge is 2.26. The van der Waals surface area contributed by atoms with Crippen LogP contribution in [-0.2, 0) is 20.1 Å². The number of benzene rings is 1. The summed E-state index contributed by atoms with van der Waals surface area (Å²) in [4.78, 5) is 40.6. The van der Waals surface area contributed by atoms with Crippen molar-refractivity contribution in [2.45, 2.75) is 62.7 Å². The van der Waals surface area contributed by atoms with Gasteiger partial charge in [0.2, 0.25) is 16.9 Å². The van der Waals surface area contributed by atoms with Gasteiger partial charge in [0.05, 0.1) is 0 Å². The number of hydrogen-bond donors (Lipinski definition) is 1. The van der Waals surface area contributed by atoms with Crippen molar-refractivity contribution in [1.82, 2.24) is 20.0 Å². The zero-order valence-electron chi connectivity index (χ0n) is 20.7. The molecule has 3 rings (SSSR count). The molecular formula is C24H33N5O4S2. The summed E-state index contributed by atoms with van der Waals surface area (Å²) in [6.45, 7) is 9.51. The molecule has 9 nitrogen and oxygen atoms in total. The number of anilines is 1. The Morgan fingerprint density at radius 1 is 1.06 bits per heavy atom. The predicted molar refractivity (Wildman–Crippen MR) is 138 cm³/mol. The highest BCUT2D eigenvalue weighted by atomic mass is 32.2. The Hall–Kier alpha value is -2.66. The molecule has 1 fully saturated rings. The third kappa shape index (κ3) is 8.81. The molecule has 2 heterocycles. The lowest BCUT2D eigenvalue weighted by Gasteiger charge is -2.26. The zero-order valence-corrected chi connectivity index (χ0v) is 22.3. The van der Waals surface area contributed by atoms with Crippen molar-refractivity contribution in [2.24, 2.45) is 0 Å². The van der Waals surface area contributed by atoms with Crippen molar-refractivity contribution in [3.05, 3.63) is 35.4 Å². The molecule has 1 aliphatic rings. The number of aryl methyl sites for hydroxylation is 1. The SMILES string of the molecule is Cc1ccccc1CSc1nnc(NC(=O)CCC(=O)N2CCCN(C(=O)OC(C)(C)C)CC2)s1. The van der Waals surface area contributed by atoms with Gasteiger partial charge in [-0.1, -0.05) is 47.4 Å². The Morgan fingerprint density at radius 2 is 1.77 bits per heavy atom. The Bertz CT molecular complexity index is 1040. The number of hydrogen-bond acceptors (Lipinski definition) is 8. The van der Waals surface area contributed by atoms with Crippen molar-refractivity contribution in [2.75, 3.05) is 31.5 Å². The van der Waals surface area contributed by atoms with Gasteiger partial charge in [0, 0.05) is 44.8 Å².